The van der Waals surface area contributed by atoms with Gasteiger partial charge in [0.2, 0.25) is 0 Å². The Morgan fingerprint density at radius 1 is 1.39 bits per heavy atom. The van der Waals surface area contributed by atoms with Crippen molar-refractivity contribution in [2.75, 3.05) is 5.73 Å². The molecule has 1 aromatic rings. The second kappa shape index (κ2) is 4.53. The number of hydrogen-bond donors (Lipinski definition) is 2. The summed E-state index contributed by atoms with van der Waals surface area (Å²) in [5.74, 6) is 1.57. The summed E-state index contributed by atoms with van der Waals surface area (Å²) in [6.07, 6.45) is 6.58. The van der Waals surface area contributed by atoms with Crippen LogP contribution < -0.4 is 11.1 Å². The van der Waals surface area contributed by atoms with Crippen LogP contribution in [0.4, 0.5) is 5.82 Å². The van der Waals surface area contributed by atoms with Crippen molar-refractivity contribution in [2.45, 2.75) is 31.7 Å². The summed E-state index contributed by atoms with van der Waals surface area (Å²) < 4.78 is 0.774. The summed E-state index contributed by atoms with van der Waals surface area (Å²) in [5.41, 5.74) is 6.22. The molecule has 0 aromatic carbocycles. The second-order valence-electron chi connectivity index (χ2n) is 5.26. The van der Waals surface area contributed by atoms with E-state index in [-0.39, 0.29) is 5.91 Å². The first-order chi connectivity index (χ1) is 8.65. The lowest BCUT2D eigenvalue weighted by Gasteiger charge is -2.18. The van der Waals surface area contributed by atoms with Gasteiger partial charge in [-0.15, -0.1) is 0 Å². The average Bonchev–Trinajstić information content (AvgIpc) is 3.21. The molecule has 1 aromatic heterocycles. The fourth-order valence-electron chi connectivity index (χ4n) is 2.39. The van der Waals surface area contributed by atoms with Crippen LogP contribution in [0.2, 0.25) is 0 Å². The Bertz CT molecular complexity index is 471. The molecular weight excluding hydrogens is 294 g/mol. The molecule has 2 aliphatic carbocycles. The molecule has 1 amide bonds. The molecule has 0 saturated heterocycles. The Labute approximate surface area is 114 Å². The van der Waals surface area contributed by atoms with Crippen LogP contribution in [-0.4, -0.2) is 16.9 Å². The van der Waals surface area contributed by atoms with Gasteiger partial charge in [-0.1, -0.05) is 0 Å². The zero-order chi connectivity index (χ0) is 12.7. The van der Waals surface area contributed by atoms with Gasteiger partial charge in [0.25, 0.3) is 5.91 Å². The maximum absolute atomic E-state index is 12.2. The highest BCUT2D eigenvalue weighted by molar-refractivity contribution is 9.10. The zero-order valence-electron chi connectivity index (χ0n) is 10.0. The van der Waals surface area contributed by atoms with Crippen LogP contribution in [0, 0.1) is 11.8 Å². The van der Waals surface area contributed by atoms with E-state index in [1.807, 2.05) is 0 Å². The molecular formula is C13H16BrN3O. The molecule has 0 aliphatic heterocycles. The fourth-order valence-corrected chi connectivity index (χ4v) is 2.72. The fraction of sp³-hybridized carbons (Fsp3) is 0.538. The van der Waals surface area contributed by atoms with Crippen LogP contribution in [0.5, 0.6) is 0 Å². The highest BCUT2D eigenvalue weighted by atomic mass is 79.9. The number of hydrogen-bond acceptors (Lipinski definition) is 3. The van der Waals surface area contributed by atoms with Crippen molar-refractivity contribution < 1.29 is 4.79 Å². The molecule has 2 saturated carbocycles. The predicted octanol–water partition coefficient (Wildman–Crippen LogP) is 2.34. The van der Waals surface area contributed by atoms with Gasteiger partial charge >= 0.3 is 0 Å². The van der Waals surface area contributed by atoms with Gasteiger partial charge in [0.1, 0.15) is 5.82 Å². The van der Waals surface area contributed by atoms with Gasteiger partial charge in [-0.05, 0) is 59.5 Å². The normalized spacial score (nSPS) is 19.0. The monoisotopic (exact) mass is 309 g/mol. The van der Waals surface area contributed by atoms with Crippen LogP contribution in [0.15, 0.2) is 16.7 Å². The number of carbonyl (C=O) groups excluding carboxylic acids is 1. The number of amides is 1. The van der Waals surface area contributed by atoms with E-state index in [1.54, 1.807) is 12.3 Å². The lowest BCUT2D eigenvalue weighted by Crippen LogP contribution is -2.38. The van der Waals surface area contributed by atoms with Gasteiger partial charge in [-0.2, -0.15) is 0 Å². The molecule has 0 atom stereocenters. The van der Waals surface area contributed by atoms with Crippen molar-refractivity contribution in [1.82, 2.24) is 10.3 Å². The van der Waals surface area contributed by atoms with Crippen molar-refractivity contribution in [3.63, 3.8) is 0 Å². The minimum Gasteiger partial charge on any atom is -0.383 e. The molecule has 2 aliphatic rings. The maximum atomic E-state index is 12.2. The third kappa shape index (κ3) is 2.51. The third-order valence-corrected chi connectivity index (χ3v) is 4.12. The van der Waals surface area contributed by atoms with Crippen LogP contribution in [0.25, 0.3) is 0 Å². The summed E-state index contributed by atoms with van der Waals surface area (Å²) in [5, 5.41) is 3.15. The quantitative estimate of drug-likeness (QED) is 0.897. The number of aromatic nitrogens is 1. The van der Waals surface area contributed by atoms with E-state index in [9.17, 15) is 4.79 Å². The van der Waals surface area contributed by atoms with E-state index in [2.05, 4.69) is 26.2 Å². The predicted molar refractivity (Wildman–Crippen MR) is 73.1 cm³/mol. The second-order valence-corrected chi connectivity index (χ2v) is 6.18. The topological polar surface area (TPSA) is 68.0 Å². The average molecular weight is 310 g/mol. The standard InChI is InChI=1S/C13H16BrN3O/c14-9-5-10(12(15)16-6-9)13(18)17-11(7-1-2-7)8-3-4-8/h5-8,11H,1-4H2,(H2,15,16)(H,17,18). The highest BCUT2D eigenvalue weighted by Crippen LogP contribution is 2.44. The lowest BCUT2D eigenvalue weighted by atomic mass is 10.1. The SMILES string of the molecule is Nc1ncc(Br)cc1C(=O)NC(C1CC1)C1CC1. The summed E-state index contributed by atoms with van der Waals surface area (Å²) in [6.45, 7) is 0. The van der Waals surface area contributed by atoms with Crippen LogP contribution in [0.1, 0.15) is 36.0 Å². The Balaban J connectivity index is 1.75. The molecule has 2 fully saturated rings. The number of carbonyl (C=O) groups is 1. The first-order valence-corrected chi connectivity index (χ1v) is 7.16. The first-order valence-electron chi connectivity index (χ1n) is 6.37. The molecule has 96 valence electrons. The van der Waals surface area contributed by atoms with Crippen molar-refractivity contribution in [3.05, 3.63) is 22.3 Å². The van der Waals surface area contributed by atoms with Gasteiger partial charge in [0.05, 0.1) is 5.56 Å². The third-order valence-electron chi connectivity index (χ3n) is 3.69. The molecule has 18 heavy (non-hydrogen) atoms. The molecule has 3 N–H and O–H groups in total. The molecule has 0 spiro atoms. The Morgan fingerprint density at radius 2 is 2.00 bits per heavy atom. The molecule has 1 heterocycles. The minimum absolute atomic E-state index is 0.0925. The van der Waals surface area contributed by atoms with Crippen LogP contribution in [-0.2, 0) is 0 Å². The smallest absolute Gasteiger partial charge is 0.255 e. The van der Waals surface area contributed by atoms with E-state index < -0.39 is 0 Å². The number of anilines is 1. The molecule has 0 bridgehead atoms. The van der Waals surface area contributed by atoms with E-state index in [1.165, 1.54) is 25.7 Å². The van der Waals surface area contributed by atoms with E-state index in [4.69, 9.17) is 5.73 Å². The zero-order valence-corrected chi connectivity index (χ0v) is 11.6. The van der Waals surface area contributed by atoms with Gasteiger partial charge in [-0.3, -0.25) is 4.79 Å². The number of pyridine rings is 1. The first kappa shape index (κ1) is 12.0. The van der Waals surface area contributed by atoms with Crippen molar-refractivity contribution in [3.8, 4) is 0 Å². The number of nitrogen functional groups attached to an aromatic ring is 1. The number of nitrogens with one attached hydrogen (secondary N) is 1. The molecule has 0 unspecified atom stereocenters. The molecule has 3 rings (SSSR count). The number of nitrogens with two attached hydrogens (primary N) is 1. The van der Waals surface area contributed by atoms with Gasteiger partial charge in [0.15, 0.2) is 0 Å². The number of nitrogens with zero attached hydrogens (tertiary/aromatic N) is 1. The molecule has 5 heteroatoms. The van der Waals surface area contributed by atoms with Gasteiger partial charge in [-0.25, -0.2) is 4.98 Å². The molecule has 4 nitrogen and oxygen atoms in total. The lowest BCUT2D eigenvalue weighted by molar-refractivity contribution is 0.0927. The van der Waals surface area contributed by atoms with Crippen molar-refractivity contribution in [2.24, 2.45) is 11.8 Å². The number of halogens is 1. The molecule has 0 radical (unpaired) electrons. The van der Waals surface area contributed by atoms with Crippen LogP contribution in [0.3, 0.4) is 0 Å². The van der Waals surface area contributed by atoms with Crippen molar-refractivity contribution >= 4 is 27.7 Å². The summed E-state index contributed by atoms with van der Waals surface area (Å²) in [4.78, 5) is 16.2. The summed E-state index contributed by atoms with van der Waals surface area (Å²) in [7, 11) is 0. The van der Waals surface area contributed by atoms with Gasteiger partial charge < -0.3 is 11.1 Å². The van der Waals surface area contributed by atoms with E-state index in [0.717, 1.165) is 4.47 Å². The minimum atomic E-state index is -0.0925. The Morgan fingerprint density at radius 3 is 2.56 bits per heavy atom. The summed E-state index contributed by atoms with van der Waals surface area (Å²) >= 11 is 3.32. The Kier molecular flexibility index (Phi) is 3.01. The maximum Gasteiger partial charge on any atom is 0.255 e. The van der Waals surface area contributed by atoms with E-state index in [0.29, 0.717) is 29.3 Å². The number of rotatable bonds is 4. The largest absolute Gasteiger partial charge is 0.383 e. The summed E-state index contributed by atoms with van der Waals surface area (Å²) in [6, 6.07) is 2.07. The van der Waals surface area contributed by atoms with E-state index >= 15 is 0 Å². The van der Waals surface area contributed by atoms with Crippen molar-refractivity contribution in [1.29, 1.82) is 0 Å². The Hall–Kier alpha value is -1.10. The van der Waals surface area contributed by atoms with Gasteiger partial charge in [0, 0.05) is 16.7 Å². The highest BCUT2D eigenvalue weighted by Gasteiger charge is 2.42. The van der Waals surface area contributed by atoms with Crippen LogP contribution >= 0.6 is 15.9 Å².